The van der Waals surface area contributed by atoms with Gasteiger partial charge < -0.3 is 15.2 Å². The number of aliphatic hydroxyl groups is 1. The molecule has 1 rings (SSSR count). The largest absolute Gasteiger partial charge is 0.495 e. The Morgan fingerprint density at radius 1 is 1.56 bits per heavy atom. The topological polar surface area (TPSA) is 84.6 Å². The van der Waals surface area contributed by atoms with E-state index in [1.165, 1.54) is 19.2 Å². The lowest BCUT2D eigenvalue weighted by molar-refractivity contribution is -0.384. The number of aliphatic hydroxyl groups excluding tert-OH is 1. The molecular formula is C10H14N2O4. The zero-order valence-corrected chi connectivity index (χ0v) is 8.97. The van der Waals surface area contributed by atoms with Gasteiger partial charge in [-0.15, -0.1) is 0 Å². The van der Waals surface area contributed by atoms with E-state index in [0.717, 1.165) is 0 Å². The van der Waals surface area contributed by atoms with Gasteiger partial charge in [-0.05, 0) is 12.5 Å². The van der Waals surface area contributed by atoms with Crippen molar-refractivity contribution in [1.82, 2.24) is 0 Å². The molecule has 0 fully saturated rings. The molecular weight excluding hydrogens is 212 g/mol. The van der Waals surface area contributed by atoms with Crippen molar-refractivity contribution in [2.24, 2.45) is 0 Å². The number of nitrogens with one attached hydrogen (secondary N) is 1. The fourth-order valence-electron chi connectivity index (χ4n) is 1.25. The number of non-ortho nitro benzene ring substituents is 1. The van der Waals surface area contributed by atoms with Crippen molar-refractivity contribution >= 4 is 11.4 Å². The summed E-state index contributed by atoms with van der Waals surface area (Å²) in [4.78, 5) is 10.1. The summed E-state index contributed by atoms with van der Waals surface area (Å²) in [5.41, 5.74) is 0.567. The molecule has 0 saturated heterocycles. The number of hydrogen-bond donors (Lipinski definition) is 2. The van der Waals surface area contributed by atoms with Gasteiger partial charge in [-0.1, -0.05) is 0 Å². The molecule has 0 unspecified atom stereocenters. The minimum absolute atomic E-state index is 0.00676. The second kappa shape index (κ2) is 5.92. The molecule has 0 aliphatic carbocycles. The predicted octanol–water partition coefficient (Wildman–Crippen LogP) is 1.40. The first-order valence-electron chi connectivity index (χ1n) is 4.86. The first-order valence-corrected chi connectivity index (χ1v) is 4.86. The molecule has 0 aromatic heterocycles. The van der Waals surface area contributed by atoms with Gasteiger partial charge in [-0.3, -0.25) is 10.1 Å². The van der Waals surface area contributed by atoms with Crippen LogP contribution in [0.2, 0.25) is 0 Å². The molecule has 0 aliphatic rings. The monoisotopic (exact) mass is 226 g/mol. The minimum Gasteiger partial charge on any atom is -0.495 e. The Bertz CT molecular complexity index is 368. The molecule has 1 aromatic carbocycles. The standard InChI is InChI=1S/C10H14N2O4/c1-16-10-4-3-8(12(14)15)7-9(10)11-5-2-6-13/h3-4,7,11,13H,2,5-6H2,1H3. The summed E-state index contributed by atoms with van der Waals surface area (Å²) in [6, 6.07) is 4.34. The fraction of sp³-hybridized carbons (Fsp3) is 0.400. The molecule has 88 valence electrons. The molecule has 1 aromatic rings. The van der Waals surface area contributed by atoms with Crippen LogP contribution in [0.1, 0.15) is 6.42 Å². The second-order valence-corrected chi connectivity index (χ2v) is 3.15. The van der Waals surface area contributed by atoms with Gasteiger partial charge in [0.25, 0.3) is 5.69 Å². The number of nitro benzene ring substituents is 1. The maximum atomic E-state index is 10.6. The van der Waals surface area contributed by atoms with Gasteiger partial charge in [0.2, 0.25) is 0 Å². The summed E-state index contributed by atoms with van der Waals surface area (Å²) in [5, 5.41) is 22.2. The summed E-state index contributed by atoms with van der Waals surface area (Å²) in [6.45, 7) is 0.609. The number of hydrogen-bond acceptors (Lipinski definition) is 5. The maximum absolute atomic E-state index is 10.6. The van der Waals surface area contributed by atoms with Gasteiger partial charge in [0.1, 0.15) is 5.75 Å². The van der Waals surface area contributed by atoms with Crippen LogP contribution in [0.4, 0.5) is 11.4 Å². The van der Waals surface area contributed by atoms with Crippen LogP contribution in [-0.2, 0) is 0 Å². The normalized spacial score (nSPS) is 9.88. The van der Waals surface area contributed by atoms with Crippen molar-refractivity contribution < 1.29 is 14.8 Å². The fourth-order valence-corrected chi connectivity index (χ4v) is 1.25. The summed E-state index contributed by atoms with van der Waals surface area (Å²) >= 11 is 0. The average molecular weight is 226 g/mol. The van der Waals surface area contributed by atoms with E-state index >= 15 is 0 Å². The molecule has 0 atom stereocenters. The van der Waals surface area contributed by atoms with Gasteiger partial charge >= 0.3 is 0 Å². The highest BCUT2D eigenvalue weighted by Crippen LogP contribution is 2.28. The summed E-state index contributed by atoms with van der Waals surface area (Å²) in [7, 11) is 1.50. The van der Waals surface area contributed by atoms with Gasteiger partial charge in [-0.2, -0.15) is 0 Å². The highest BCUT2D eigenvalue weighted by molar-refractivity contribution is 5.61. The number of benzene rings is 1. The number of rotatable bonds is 6. The van der Waals surface area contributed by atoms with E-state index in [1.54, 1.807) is 6.07 Å². The molecule has 0 radical (unpaired) electrons. The van der Waals surface area contributed by atoms with Crippen molar-refractivity contribution in [3.05, 3.63) is 28.3 Å². The maximum Gasteiger partial charge on any atom is 0.271 e. The number of nitrogens with zero attached hydrogens (tertiary/aromatic N) is 1. The van der Waals surface area contributed by atoms with Crippen molar-refractivity contribution in [2.45, 2.75) is 6.42 Å². The van der Waals surface area contributed by atoms with Gasteiger partial charge in [0.05, 0.1) is 17.7 Å². The third-order valence-corrected chi connectivity index (χ3v) is 2.04. The lowest BCUT2D eigenvalue weighted by atomic mass is 10.2. The van der Waals surface area contributed by atoms with Crippen LogP contribution in [-0.4, -0.2) is 30.3 Å². The van der Waals surface area contributed by atoms with Crippen LogP contribution in [0.25, 0.3) is 0 Å². The van der Waals surface area contributed by atoms with Crippen molar-refractivity contribution in [3.8, 4) is 5.75 Å². The van der Waals surface area contributed by atoms with Crippen LogP contribution in [0.5, 0.6) is 5.75 Å². The minimum atomic E-state index is -0.462. The Balaban J connectivity index is 2.84. The van der Waals surface area contributed by atoms with Crippen molar-refractivity contribution in [3.63, 3.8) is 0 Å². The van der Waals surface area contributed by atoms with E-state index < -0.39 is 4.92 Å². The average Bonchev–Trinajstić information content (AvgIpc) is 2.29. The third kappa shape index (κ3) is 3.09. The molecule has 0 amide bonds. The van der Waals surface area contributed by atoms with Crippen LogP contribution >= 0.6 is 0 Å². The molecule has 0 aliphatic heterocycles. The number of nitro groups is 1. The summed E-state index contributed by atoms with van der Waals surface area (Å²) in [6.07, 6.45) is 0.575. The second-order valence-electron chi connectivity index (χ2n) is 3.15. The summed E-state index contributed by atoms with van der Waals surface area (Å²) < 4.78 is 5.06. The number of methoxy groups -OCH3 is 1. The third-order valence-electron chi connectivity index (χ3n) is 2.04. The smallest absolute Gasteiger partial charge is 0.271 e. The van der Waals surface area contributed by atoms with E-state index in [4.69, 9.17) is 9.84 Å². The lowest BCUT2D eigenvalue weighted by Gasteiger charge is -2.10. The Morgan fingerprint density at radius 2 is 2.31 bits per heavy atom. The Morgan fingerprint density at radius 3 is 2.88 bits per heavy atom. The first kappa shape index (κ1) is 12.3. The van der Waals surface area contributed by atoms with Crippen molar-refractivity contribution in [2.75, 3.05) is 25.6 Å². The van der Waals surface area contributed by atoms with Gasteiger partial charge in [0, 0.05) is 25.3 Å². The van der Waals surface area contributed by atoms with Crippen LogP contribution in [0.3, 0.4) is 0 Å². The number of anilines is 1. The molecule has 0 heterocycles. The van der Waals surface area contributed by atoms with E-state index in [-0.39, 0.29) is 12.3 Å². The number of ether oxygens (including phenoxy) is 1. The lowest BCUT2D eigenvalue weighted by Crippen LogP contribution is -2.05. The zero-order chi connectivity index (χ0) is 12.0. The van der Waals surface area contributed by atoms with Crippen LogP contribution in [0, 0.1) is 10.1 Å². The molecule has 0 saturated carbocycles. The van der Waals surface area contributed by atoms with Gasteiger partial charge in [0.15, 0.2) is 0 Å². The van der Waals surface area contributed by atoms with Gasteiger partial charge in [-0.25, -0.2) is 0 Å². The molecule has 6 nitrogen and oxygen atoms in total. The molecule has 16 heavy (non-hydrogen) atoms. The summed E-state index contributed by atoms with van der Waals surface area (Å²) in [5.74, 6) is 0.545. The molecule has 6 heteroatoms. The highest BCUT2D eigenvalue weighted by atomic mass is 16.6. The Hall–Kier alpha value is -1.82. The van der Waals surface area contributed by atoms with E-state index in [0.29, 0.717) is 24.4 Å². The predicted molar refractivity (Wildman–Crippen MR) is 59.8 cm³/mol. The Kier molecular flexibility index (Phi) is 4.53. The molecule has 0 spiro atoms. The SMILES string of the molecule is COc1ccc([N+](=O)[O-])cc1NCCCO. The van der Waals surface area contributed by atoms with E-state index in [1.807, 2.05) is 0 Å². The van der Waals surface area contributed by atoms with Crippen LogP contribution in [0.15, 0.2) is 18.2 Å². The molecule has 2 N–H and O–H groups in total. The zero-order valence-electron chi connectivity index (χ0n) is 8.97. The Labute approximate surface area is 93.0 Å². The highest BCUT2D eigenvalue weighted by Gasteiger charge is 2.10. The van der Waals surface area contributed by atoms with E-state index in [2.05, 4.69) is 5.32 Å². The van der Waals surface area contributed by atoms with Crippen molar-refractivity contribution in [1.29, 1.82) is 0 Å². The van der Waals surface area contributed by atoms with E-state index in [9.17, 15) is 10.1 Å². The van der Waals surface area contributed by atoms with Crippen LogP contribution < -0.4 is 10.1 Å². The molecule has 0 bridgehead atoms. The first-order chi connectivity index (χ1) is 7.69. The quantitative estimate of drug-likeness (QED) is 0.435.